The number of nitrogens with one attached hydrogen (secondary N) is 2. The monoisotopic (exact) mass is 383 g/mol. The molecule has 1 aromatic heterocycles. The molecule has 0 spiro atoms. The predicted octanol–water partition coefficient (Wildman–Crippen LogP) is 2.13. The van der Waals surface area contributed by atoms with Gasteiger partial charge in [0.25, 0.3) is 11.8 Å². The number of rotatable bonds is 6. The summed E-state index contributed by atoms with van der Waals surface area (Å²) < 4.78 is 5.15. The Bertz CT molecular complexity index is 824. The minimum atomic E-state index is -0.179. The van der Waals surface area contributed by atoms with Gasteiger partial charge in [-0.3, -0.25) is 14.4 Å². The van der Waals surface area contributed by atoms with E-state index in [1.807, 2.05) is 25.1 Å². The van der Waals surface area contributed by atoms with Crippen LogP contribution in [0.1, 0.15) is 45.7 Å². The maximum Gasteiger partial charge on any atom is 0.289 e. The lowest BCUT2D eigenvalue weighted by atomic mass is 10.0. The molecule has 0 atom stereocenters. The molecule has 148 valence electrons. The Kier molecular flexibility index (Phi) is 6.47. The molecule has 2 N–H and O–H groups in total. The van der Waals surface area contributed by atoms with E-state index in [1.165, 1.54) is 6.26 Å². The van der Waals surface area contributed by atoms with Crippen LogP contribution in [0.25, 0.3) is 0 Å². The first-order chi connectivity index (χ1) is 13.5. The Labute approximate surface area is 164 Å². The van der Waals surface area contributed by atoms with Crippen molar-refractivity contribution in [2.75, 3.05) is 19.6 Å². The van der Waals surface area contributed by atoms with E-state index in [-0.39, 0.29) is 36.7 Å². The normalized spacial score (nSPS) is 14.5. The smallest absolute Gasteiger partial charge is 0.289 e. The predicted molar refractivity (Wildman–Crippen MR) is 104 cm³/mol. The van der Waals surface area contributed by atoms with Gasteiger partial charge in [0.2, 0.25) is 5.91 Å². The molecule has 1 saturated heterocycles. The fourth-order valence-electron chi connectivity index (χ4n) is 3.26. The van der Waals surface area contributed by atoms with Gasteiger partial charge in [-0.05, 0) is 44.0 Å². The number of carbonyl (C=O) groups excluding carboxylic acids is 3. The lowest BCUT2D eigenvalue weighted by Gasteiger charge is -2.31. The molecule has 0 radical (unpaired) electrons. The number of benzene rings is 1. The zero-order valence-electron chi connectivity index (χ0n) is 15.9. The molecular weight excluding hydrogens is 358 g/mol. The molecule has 7 nitrogen and oxygen atoms in total. The molecule has 0 aliphatic carbocycles. The van der Waals surface area contributed by atoms with Crippen molar-refractivity contribution in [1.82, 2.24) is 15.5 Å². The Hall–Kier alpha value is -3.09. The summed E-state index contributed by atoms with van der Waals surface area (Å²) in [6, 6.07) is 10.7. The first kappa shape index (κ1) is 19.7. The summed E-state index contributed by atoms with van der Waals surface area (Å²) in [7, 11) is 0. The number of likely N-dealkylation sites (tertiary alicyclic amines) is 1. The van der Waals surface area contributed by atoms with Gasteiger partial charge in [-0.15, -0.1) is 0 Å². The molecule has 7 heteroatoms. The van der Waals surface area contributed by atoms with Crippen LogP contribution in [0.5, 0.6) is 0 Å². The lowest BCUT2D eigenvalue weighted by molar-refractivity contribution is -0.121. The average molecular weight is 383 g/mol. The topological polar surface area (TPSA) is 91.7 Å². The van der Waals surface area contributed by atoms with Crippen LogP contribution in [0, 0.1) is 6.92 Å². The molecule has 3 amide bonds. The summed E-state index contributed by atoms with van der Waals surface area (Å²) in [6.07, 6.45) is 3.11. The van der Waals surface area contributed by atoms with Crippen LogP contribution in [0.3, 0.4) is 0 Å². The van der Waals surface area contributed by atoms with Crippen LogP contribution in [-0.4, -0.2) is 48.3 Å². The molecule has 3 rings (SSSR count). The number of amides is 3. The molecule has 0 unspecified atom stereocenters. The highest BCUT2D eigenvalue weighted by Gasteiger charge is 2.25. The highest BCUT2D eigenvalue weighted by molar-refractivity contribution is 5.94. The maximum absolute atomic E-state index is 12.2. The molecular formula is C21H25N3O4. The second kappa shape index (κ2) is 9.21. The fourth-order valence-corrected chi connectivity index (χ4v) is 3.26. The van der Waals surface area contributed by atoms with Crippen molar-refractivity contribution >= 4 is 17.7 Å². The van der Waals surface area contributed by atoms with Crippen LogP contribution in [0.2, 0.25) is 0 Å². The van der Waals surface area contributed by atoms with E-state index >= 15 is 0 Å². The van der Waals surface area contributed by atoms with Crippen molar-refractivity contribution in [3.05, 3.63) is 59.5 Å². The van der Waals surface area contributed by atoms with Crippen LogP contribution < -0.4 is 10.6 Å². The first-order valence-electron chi connectivity index (χ1n) is 9.50. The molecule has 2 aromatic rings. The largest absolute Gasteiger partial charge is 0.459 e. The van der Waals surface area contributed by atoms with E-state index in [4.69, 9.17) is 4.42 Å². The van der Waals surface area contributed by atoms with Gasteiger partial charge in [0.05, 0.1) is 6.26 Å². The standard InChI is InChI=1S/C21H25N3O4/c1-15-4-2-5-16(14-15)20(26)22-10-7-19(25)23-17-8-11-24(12-9-17)21(27)18-6-3-13-28-18/h2-6,13-14,17H,7-12H2,1H3,(H,22,26)(H,23,25). The minimum absolute atomic E-state index is 0.0422. The Morgan fingerprint density at radius 2 is 1.93 bits per heavy atom. The van der Waals surface area contributed by atoms with E-state index < -0.39 is 0 Å². The number of hydrogen-bond acceptors (Lipinski definition) is 4. The van der Waals surface area contributed by atoms with Gasteiger partial charge in [0.1, 0.15) is 0 Å². The van der Waals surface area contributed by atoms with Gasteiger partial charge < -0.3 is 20.0 Å². The number of furan rings is 1. The molecule has 1 aliphatic rings. The van der Waals surface area contributed by atoms with Crippen molar-refractivity contribution in [1.29, 1.82) is 0 Å². The van der Waals surface area contributed by atoms with Crippen LogP contribution in [0.4, 0.5) is 0 Å². The summed E-state index contributed by atoms with van der Waals surface area (Å²) >= 11 is 0. The Morgan fingerprint density at radius 3 is 2.61 bits per heavy atom. The highest BCUT2D eigenvalue weighted by atomic mass is 16.3. The second-order valence-corrected chi connectivity index (χ2v) is 6.99. The van der Waals surface area contributed by atoms with E-state index in [9.17, 15) is 14.4 Å². The third-order valence-corrected chi connectivity index (χ3v) is 4.80. The number of nitrogens with zero attached hydrogens (tertiary/aromatic N) is 1. The summed E-state index contributed by atoms with van der Waals surface area (Å²) in [4.78, 5) is 38.2. The summed E-state index contributed by atoms with van der Waals surface area (Å²) in [5.41, 5.74) is 1.61. The SMILES string of the molecule is Cc1cccc(C(=O)NCCC(=O)NC2CCN(C(=O)c3ccco3)CC2)c1. The zero-order valence-corrected chi connectivity index (χ0v) is 15.9. The molecule has 0 bridgehead atoms. The molecule has 0 saturated carbocycles. The highest BCUT2D eigenvalue weighted by Crippen LogP contribution is 2.14. The van der Waals surface area contributed by atoms with Crippen molar-refractivity contribution in [2.24, 2.45) is 0 Å². The first-order valence-corrected chi connectivity index (χ1v) is 9.50. The fraction of sp³-hybridized carbons (Fsp3) is 0.381. The average Bonchev–Trinajstić information content (AvgIpc) is 3.23. The van der Waals surface area contributed by atoms with Crippen molar-refractivity contribution < 1.29 is 18.8 Å². The van der Waals surface area contributed by atoms with Gasteiger partial charge in [0.15, 0.2) is 5.76 Å². The molecule has 1 aromatic carbocycles. The van der Waals surface area contributed by atoms with Crippen LogP contribution in [-0.2, 0) is 4.79 Å². The van der Waals surface area contributed by atoms with Crippen molar-refractivity contribution in [3.63, 3.8) is 0 Å². The summed E-state index contributed by atoms with van der Waals surface area (Å²) in [5.74, 6) is -0.0536. The lowest BCUT2D eigenvalue weighted by Crippen LogP contribution is -2.46. The Balaban J connectivity index is 1.35. The summed E-state index contributed by atoms with van der Waals surface area (Å²) in [6.45, 7) is 3.37. The molecule has 1 aliphatic heterocycles. The quantitative estimate of drug-likeness (QED) is 0.799. The maximum atomic E-state index is 12.2. The minimum Gasteiger partial charge on any atom is -0.459 e. The van der Waals surface area contributed by atoms with Crippen molar-refractivity contribution in [3.8, 4) is 0 Å². The number of piperidine rings is 1. The second-order valence-electron chi connectivity index (χ2n) is 6.99. The summed E-state index contributed by atoms with van der Waals surface area (Å²) in [5, 5.41) is 5.75. The number of carbonyl (C=O) groups is 3. The van der Waals surface area contributed by atoms with E-state index in [2.05, 4.69) is 10.6 Å². The molecule has 1 fully saturated rings. The van der Waals surface area contributed by atoms with E-state index in [1.54, 1.807) is 23.1 Å². The van der Waals surface area contributed by atoms with E-state index in [0.29, 0.717) is 37.3 Å². The number of aryl methyl sites for hydroxylation is 1. The van der Waals surface area contributed by atoms with Crippen LogP contribution in [0.15, 0.2) is 47.1 Å². The molecule has 28 heavy (non-hydrogen) atoms. The number of hydrogen-bond donors (Lipinski definition) is 2. The van der Waals surface area contributed by atoms with Crippen LogP contribution >= 0.6 is 0 Å². The van der Waals surface area contributed by atoms with Gasteiger partial charge in [0, 0.05) is 37.7 Å². The van der Waals surface area contributed by atoms with E-state index in [0.717, 1.165) is 5.56 Å². The third kappa shape index (κ3) is 5.22. The van der Waals surface area contributed by atoms with Gasteiger partial charge in [-0.2, -0.15) is 0 Å². The Morgan fingerprint density at radius 1 is 1.14 bits per heavy atom. The van der Waals surface area contributed by atoms with Gasteiger partial charge in [-0.25, -0.2) is 0 Å². The van der Waals surface area contributed by atoms with Gasteiger partial charge in [-0.1, -0.05) is 17.7 Å². The molecule has 2 heterocycles. The van der Waals surface area contributed by atoms with Crippen molar-refractivity contribution in [2.45, 2.75) is 32.2 Å². The zero-order chi connectivity index (χ0) is 19.9. The van der Waals surface area contributed by atoms with Gasteiger partial charge >= 0.3 is 0 Å². The third-order valence-electron chi connectivity index (χ3n) is 4.80.